The fourth-order valence-electron chi connectivity index (χ4n) is 1.73. The molecule has 0 atom stereocenters. The summed E-state index contributed by atoms with van der Waals surface area (Å²) in [7, 11) is -3.08. The molecule has 0 fully saturated rings. The van der Waals surface area contributed by atoms with Crippen molar-refractivity contribution in [2.24, 2.45) is 0 Å². The molecule has 1 N–H and O–H groups in total. The van der Waals surface area contributed by atoms with Gasteiger partial charge in [0.2, 0.25) is 0 Å². The summed E-state index contributed by atoms with van der Waals surface area (Å²) in [6.45, 7) is 2.60. The molecule has 3 nitrogen and oxygen atoms in total. The van der Waals surface area contributed by atoms with Gasteiger partial charge in [-0.15, -0.1) is 0 Å². The van der Waals surface area contributed by atoms with E-state index >= 15 is 0 Å². The monoisotopic (exact) mass is 301 g/mol. The molecule has 5 heteroatoms. The van der Waals surface area contributed by atoms with Crippen molar-refractivity contribution in [3.05, 3.63) is 24.3 Å². The van der Waals surface area contributed by atoms with E-state index in [4.69, 9.17) is 0 Å². The lowest BCUT2D eigenvalue weighted by Crippen LogP contribution is -2.05. The van der Waals surface area contributed by atoms with Crippen LogP contribution in [-0.4, -0.2) is 32.7 Å². The smallest absolute Gasteiger partial charge is 0.178 e. The SMILES string of the molecule is CCS(=O)(=O)c1ccc(NCCCCCSC)cc1. The standard InChI is InChI=1S/C14H23NO2S2/c1-3-19(16,17)14-9-7-13(8-10-14)15-11-5-4-6-12-18-2/h7-10,15H,3-6,11-12H2,1-2H3. The summed E-state index contributed by atoms with van der Waals surface area (Å²) >= 11 is 1.88. The number of sulfone groups is 1. The molecule has 0 radical (unpaired) electrons. The van der Waals surface area contributed by atoms with E-state index in [9.17, 15) is 8.42 Å². The third-order valence-corrected chi connectivity index (χ3v) is 5.40. The molecule has 0 aliphatic rings. The first-order chi connectivity index (χ1) is 9.10. The third kappa shape index (κ3) is 5.87. The molecule has 0 aromatic heterocycles. The van der Waals surface area contributed by atoms with E-state index < -0.39 is 9.84 Å². The summed E-state index contributed by atoms with van der Waals surface area (Å²) in [6.07, 6.45) is 5.77. The lowest BCUT2D eigenvalue weighted by molar-refractivity contribution is 0.597. The van der Waals surface area contributed by atoms with E-state index in [2.05, 4.69) is 11.6 Å². The van der Waals surface area contributed by atoms with Gasteiger partial charge in [0, 0.05) is 12.2 Å². The summed E-state index contributed by atoms with van der Waals surface area (Å²) in [5.74, 6) is 1.37. The highest BCUT2D eigenvalue weighted by molar-refractivity contribution is 7.98. The van der Waals surface area contributed by atoms with Crippen LogP contribution in [0.5, 0.6) is 0 Å². The number of rotatable bonds is 9. The lowest BCUT2D eigenvalue weighted by Gasteiger charge is -2.07. The predicted octanol–water partition coefficient (Wildman–Crippen LogP) is 3.43. The number of benzene rings is 1. The molecule has 0 aliphatic carbocycles. The maximum absolute atomic E-state index is 11.7. The zero-order chi connectivity index (χ0) is 14.1. The fourth-order valence-corrected chi connectivity index (χ4v) is 3.10. The average molecular weight is 301 g/mol. The number of unbranched alkanes of at least 4 members (excludes halogenated alkanes) is 2. The Labute approximate surface area is 121 Å². The van der Waals surface area contributed by atoms with Gasteiger partial charge >= 0.3 is 0 Å². The second-order valence-corrected chi connectivity index (χ2v) is 7.67. The summed E-state index contributed by atoms with van der Waals surface area (Å²) in [6, 6.07) is 7.03. The van der Waals surface area contributed by atoms with Gasteiger partial charge < -0.3 is 5.32 Å². The molecule has 0 heterocycles. The van der Waals surface area contributed by atoms with E-state index in [0.717, 1.165) is 18.7 Å². The molecule has 0 amide bonds. The van der Waals surface area contributed by atoms with Crippen LogP contribution in [0, 0.1) is 0 Å². The lowest BCUT2D eigenvalue weighted by atomic mass is 10.2. The molecule has 0 unspecified atom stereocenters. The van der Waals surface area contributed by atoms with Gasteiger partial charge in [0.15, 0.2) is 9.84 Å². The Kier molecular flexibility index (Phi) is 7.31. The van der Waals surface area contributed by atoms with Gasteiger partial charge in [-0.25, -0.2) is 8.42 Å². The normalized spacial score (nSPS) is 11.5. The number of nitrogens with one attached hydrogen (secondary N) is 1. The van der Waals surface area contributed by atoms with E-state index in [1.165, 1.54) is 18.6 Å². The van der Waals surface area contributed by atoms with Crippen LogP contribution >= 0.6 is 11.8 Å². The van der Waals surface area contributed by atoms with Gasteiger partial charge in [0.05, 0.1) is 10.6 Å². The van der Waals surface area contributed by atoms with Crippen molar-refractivity contribution in [1.29, 1.82) is 0 Å². The van der Waals surface area contributed by atoms with E-state index in [0.29, 0.717) is 4.90 Å². The van der Waals surface area contributed by atoms with Crippen molar-refractivity contribution in [2.45, 2.75) is 31.1 Å². The molecule has 108 valence electrons. The predicted molar refractivity (Wildman–Crippen MR) is 84.9 cm³/mol. The van der Waals surface area contributed by atoms with E-state index in [1.54, 1.807) is 19.1 Å². The van der Waals surface area contributed by atoms with Gasteiger partial charge in [-0.2, -0.15) is 11.8 Å². The summed E-state index contributed by atoms with van der Waals surface area (Å²) in [4.78, 5) is 0.403. The fraction of sp³-hybridized carbons (Fsp3) is 0.571. The molecule has 1 aromatic carbocycles. The van der Waals surface area contributed by atoms with Gasteiger partial charge in [-0.3, -0.25) is 0 Å². The summed E-state index contributed by atoms with van der Waals surface area (Å²) in [5.41, 5.74) is 0.986. The highest BCUT2D eigenvalue weighted by atomic mass is 32.2. The maximum atomic E-state index is 11.7. The van der Waals surface area contributed by atoms with Crippen LogP contribution in [0.3, 0.4) is 0 Å². The van der Waals surface area contributed by atoms with Crippen molar-refractivity contribution >= 4 is 27.3 Å². The minimum Gasteiger partial charge on any atom is -0.385 e. The molecule has 0 saturated carbocycles. The van der Waals surface area contributed by atoms with Crippen LogP contribution in [0.1, 0.15) is 26.2 Å². The Bertz CT molecular complexity index is 455. The zero-order valence-electron chi connectivity index (χ0n) is 11.7. The van der Waals surface area contributed by atoms with Gasteiger partial charge in [-0.05, 0) is 49.1 Å². The second-order valence-electron chi connectivity index (χ2n) is 4.41. The number of hydrogen-bond acceptors (Lipinski definition) is 4. The quantitative estimate of drug-likeness (QED) is 0.710. The highest BCUT2D eigenvalue weighted by Crippen LogP contribution is 2.15. The highest BCUT2D eigenvalue weighted by Gasteiger charge is 2.10. The average Bonchev–Trinajstić information content (AvgIpc) is 2.43. The van der Waals surface area contributed by atoms with Crippen molar-refractivity contribution < 1.29 is 8.42 Å². The number of hydrogen-bond donors (Lipinski definition) is 1. The molecule has 1 aromatic rings. The Morgan fingerprint density at radius 3 is 2.37 bits per heavy atom. The zero-order valence-corrected chi connectivity index (χ0v) is 13.3. The van der Waals surface area contributed by atoms with Gasteiger partial charge in [-0.1, -0.05) is 13.3 Å². The van der Waals surface area contributed by atoms with Crippen LogP contribution in [0.15, 0.2) is 29.2 Å². The van der Waals surface area contributed by atoms with Crippen molar-refractivity contribution in [2.75, 3.05) is 29.6 Å². The van der Waals surface area contributed by atoms with Crippen LogP contribution in [0.25, 0.3) is 0 Å². The first-order valence-corrected chi connectivity index (χ1v) is 9.70. The second kappa shape index (κ2) is 8.48. The molecular weight excluding hydrogens is 278 g/mol. The maximum Gasteiger partial charge on any atom is 0.178 e. The Morgan fingerprint density at radius 2 is 1.79 bits per heavy atom. The largest absolute Gasteiger partial charge is 0.385 e. The van der Waals surface area contributed by atoms with Gasteiger partial charge in [0.25, 0.3) is 0 Å². The van der Waals surface area contributed by atoms with Crippen molar-refractivity contribution in [1.82, 2.24) is 0 Å². The van der Waals surface area contributed by atoms with E-state index in [-0.39, 0.29) is 5.75 Å². The molecule has 1 rings (SSSR count). The summed E-state index contributed by atoms with van der Waals surface area (Å²) < 4.78 is 23.3. The Balaban J connectivity index is 2.37. The molecule has 0 bridgehead atoms. The molecular formula is C14H23NO2S2. The minimum atomic E-state index is -3.08. The van der Waals surface area contributed by atoms with Crippen LogP contribution < -0.4 is 5.32 Å². The minimum absolute atomic E-state index is 0.148. The third-order valence-electron chi connectivity index (χ3n) is 2.95. The first kappa shape index (κ1) is 16.4. The van der Waals surface area contributed by atoms with E-state index in [1.807, 2.05) is 23.9 Å². The summed E-state index contributed by atoms with van der Waals surface area (Å²) in [5, 5.41) is 3.32. The number of anilines is 1. The number of thioether (sulfide) groups is 1. The van der Waals surface area contributed by atoms with Crippen molar-refractivity contribution in [3.63, 3.8) is 0 Å². The molecule has 0 saturated heterocycles. The van der Waals surface area contributed by atoms with Crippen LogP contribution in [0.4, 0.5) is 5.69 Å². The topological polar surface area (TPSA) is 46.2 Å². The molecule has 0 aliphatic heterocycles. The van der Waals surface area contributed by atoms with Crippen LogP contribution in [-0.2, 0) is 9.84 Å². The first-order valence-electron chi connectivity index (χ1n) is 6.66. The van der Waals surface area contributed by atoms with Crippen LogP contribution in [0.2, 0.25) is 0 Å². The Morgan fingerprint density at radius 1 is 1.11 bits per heavy atom. The molecule has 0 spiro atoms. The van der Waals surface area contributed by atoms with Crippen molar-refractivity contribution in [3.8, 4) is 0 Å². The van der Waals surface area contributed by atoms with Gasteiger partial charge in [0.1, 0.15) is 0 Å². The molecule has 19 heavy (non-hydrogen) atoms. The Hall–Kier alpha value is -0.680.